The van der Waals surface area contributed by atoms with Crippen molar-refractivity contribution in [3.05, 3.63) is 53.6 Å². The maximum absolute atomic E-state index is 12.6. The molecule has 2 aromatic rings. The molecule has 0 radical (unpaired) electrons. The van der Waals surface area contributed by atoms with Gasteiger partial charge in [-0.1, -0.05) is 12.1 Å². The molecule has 1 N–H and O–H groups in total. The van der Waals surface area contributed by atoms with Crippen LogP contribution in [0.15, 0.2) is 47.4 Å². The number of benzene rings is 2. The van der Waals surface area contributed by atoms with Crippen LogP contribution in [-0.4, -0.2) is 52.9 Å². The highest BCUT2D eigenvalue weighted by atomic mass is 32.2. The second-order valence-electron chi connectivity index (χ2n) is 7.20. The van der Waals surface area contributed by atoms with Crippen molar-refractivity contribution in [3.8, 4) is 5.75 Å². The van der Waals surface area contributed by atoms with E-state index < -0.39 is 10.0 Å². The molecule has 1 heterocycles. The van der Waals surface area contributed by atoms with Crippen molar-refractivity contribution in [3.63, 3.8) is 0 Å². The number of sulfonamides is 1. The minimum atomic E-state index is -3.73. The Labute approximate surface area is 172 Å². The van der Waals surface area contributed by atoms with Gasteiger partial charge in [-0.05, 0) is 48.7 Å². The van der Waals surface area contributed by atoms with E-state index in [1.165, 1.54) is 51.9 Å². The van der Waals surface area contributed by atoms with Crippen molar-refractivity contribution in [2.24, 2.45) is 0 Å². The van der Waals surface area contributed by atoms with E-state index in [2.05, 4.69) is 22.3 Å². The molecule has 1 amide bonds. The number of nitrogens with zero attached hydrogens (tertiary/aromatic N) is 2. The van der Waals surface area contributed by atoms with Crippen molar-refractivity contribution in [1.29, 1.82) is 0 Å². The van der Waals surface area contributed by atoms with E-state index in [0.717, 1.165) is 23.0 Å². The number of hydrogen-bond acceptors (Lipinski definition) is 5. The number of carbonyl (C=O) groups excluding carboxylic acids is 1. The summed E-state index contributed by atoms with van der Waals surface area (Å²) in [7, 11) is 0.542. The lowest BCUT2D eigenvalue weighted by Crippen LogP contribution is -2.25. The first-order chi connectivity index (χ1) is 13.8. The molecule has 1 saturated heterocycles. The van der Waals surface area contributed by atoms with Crippen molar-refractivity contribution in [1.82, 2.24) is 9.62 Å². The van der Waals surface area contributed by atoms with Gasteiger partial charge in [0, 0.05) is 45.0 Å². The fraction of sp³-hybridized carbons (Fsp3) is 0.381. The topological polar surface area (TPSA) is 79.0 Å². The minimum absolute atomic E-state index is 0.0346. The number of anilines is 1. The average molecular weight is 418 g/mol. The third-order valence-electron chi connectivity index (χ3n) is 5.05. The normalized spacial score (nSPS) is 14.3. The zero-order chi connectivity index (χ0) is 21.0. The Morgan fingerprint density at radius 3 is 2.34 bits per heavy atom. The summed E-state index contributed by atoms with van der Waals surface area (Å²) in [6, 6.07) is 12.5. The second-order valence-corrected chi connectivity index (χ2v) is 9.32. The molecule has 0 atom stereocenters. The largest absolute Gasteiger partial charge is 0.495 e. The predicted molar refractivity (Wildman–Crippen MR) is 113 cm³/mol. The molecule has 2 aromatic carbocycles. The standard InChI is InChI=1S/C21H27N3O4S/c1-23(2)29(26,27)20-14-17(8-11-19(20)28-3)21(25)22-15-16-6-9-18(10-7-16)24-12-4-5-13-24/h6-11,14H,4-5,12-13,15H2,1-3H3,(H,22,25). The second kappa shape index (κ2) is 8.84. The monoisotopic (exact) mass is 417 g/mol. The van der Waals surface area contributed by atoms with Gasteiger partial charge in [-0.3, -0.25) is 4.79 Å². The molecule has 1 fully saturated rings. The molecular weight excluding hydrogens is 390 g/mol. The molecule has 7 nitrogen and oxygen atoms in total. The van der Waals surface area contributed by atoms with Gasteiger partial charge in [0.25, 0.3) is 5.91 Å². The van der Waals surface area contributed by atoms with Gasteiger partial charge in [0.1, 0.15) is 10.6 Å². The van der Waals surface area contributed by atoms with Gasteiger partial charge in [-0.25, -0.2) is 12.7 Å². The summed E-state index contributed by atoms with van der Waals surface area (Å²) in [5.41, 5.74) is 2.45. The molecular formula is C21H27N3O4S. The number of methoxy groups -OCH3 is 1. The summed E-state index contributed by atoms with van der Waals surface area (Å²) in [6.07, 6.45) is 2.45. The van der Waals surface area contributed by atoms with Gasteiger partial charge >= 0.3 is 0 Å². The smallest absolute Gasteiger partial charge is 0.251 e. The Kier molecular flexibility index (Phi) is 6.44. The summed E-state index contributed by atoms with van der Waals surface area (Å²) in [5.74, 6) is -0.140. The molecule has 0 bridgehead atoms. The number of rotatable bonds is 7. The van der Waals surface area contributed by atoms with Gasteiger partial charge in [0.15, 0.2) is 0 Å². The van der Waals surface area contributed by atoms with E-state index in [9.17, 15) is 13.2 Å². The molecule has 156 valence electrons. The number of ether oxygens (including phenoxy) is 1. The molecule has 0 spiro atoms. The average Bonchev–Trinajstić information content (AvgIpc) is 3.26. The molecule has 8 heteroatoms. The van der Waals surface area contributed by atoms with Gasteiger partial charge < -0.3 is 15.0 Å². The fourth-order valence-electron chi connectivity index (χ4n) is 3.30. The zero-order valence-corrected chi connectivity index (χ0v) is 17.8. The van der Waals surface area contributed by atoms with Crippen molar-refractivity contribution in [2.45, 2.75) is 24.3 Å². The number of carbonyl (C=O) groups is 1. The maximum atomic E-state index is 12.6. The summed E-state index contributed by atoms with van der Waals surface area (Å²) >= 11 is 0. The van der Waals surface area contributed by atoms with Crippen LogP contribution in [0.4, 0.5) is 5.69 Å². The van der Waals surface area contributed by atoms with Crippen LogP contribution in [0, 0.1) is 0 Å². The molecule has 0 aromatic heterocycles. The Morgan fingerprint density at radius 1 is 1.10 bits per heavy atom. The van der Waals surface area contributed by atoms with Crippen LogP contribution in [0.3, 0.4) is 0 Å². The van der Waals surface area contributed by atoms with Crippen LogP contribution in [0.5, 0.6) is 5.75 Å². The third-order valence-corrected chi connectivity index (χ3v) is 6.88. The van der Waals surface area contributed by atoms with E-state index >= 15 is 0 Å². The van der Waals surface area contributed by atoms with Crippen LogP contribution < -0.4 is 15.0 Å². The maximum Gasteiger partial charge on any atom is 0.251 e. The Hall–Kier alpha value is -2.58. The molecule has 0 unspecified atom stereocenters. The summed E-state index contributed by atoms with van der Waals surface area (Å²) < 4.78 is 31.3. The van der Waals surface area contributed by atoms with E-state index in [-0.39, 0.29) is 22.1 Å². The lowest BCUT2D eigenvalue weighted by molar-refractivity contribution is 0.0950. The summed E-state index contributed by atoms with van der Waals surface area (Å²) in [5, 5.41) is 2.85. The van der Waals surface area contributed by atoms with E-state index in [1.54, 1.807) is 6.07 Å². The number of nitrogens with one attached hydrogen (secondary N) is 1. The first kappa shape index (κ1) is 21.1. The highest BCUT2D eigenvalue weighted by Crippen LogP contribution is 2.27. The lowest BCUT2D eigenvalue weighted by Gasteiger charge is -2.18. The zero-order valence-electron chi connectivity index (χ0n) is 17.0. The van der Waals surface area contributed by atoms with Crippen LogP contribution in [0.1, 0.15) is 28.8 Å². The van der Waals surface area contributed by atoms with Crippen molar-refractivity contribution in [2.75, 3.05) is 39.2 Å². The molecule has 1 aliphatic rings. The van der Waals surface area contributed by atoms with Crippen molar-refractivity contribution >= 4 is 21.6 Å². The van der Waals surface area contributed by atoms with Gasteiger partial charge in [-0.15, -0.1) is 0 Å². The highest BCUT2D eigenvalue weighted by Gasteiger charge is 2.24. The van der Waals surface area contributed by atoms with Crippen LogP contribution in [0.2, 0.25) is 0 Å². The summed E-state index contributed by atoms with van der Waals surface area (Å²) in [4.78, 5) is 14.9. The van der Waals surface area contributed by atoms with Crippen molar-refractivity contribution < 1.29 is 17.9 Å². The first-order valence-corrected chi connectivity index (χ1v) is 11.0. The SMILES string of the molecule is COc1ccc(C(=O)NCc2ccc(N3CCCC3)cc2)cc1S(=O)(=O)N(C)C. The van der Waals surface area contributed by atoms with E-state index in [4.69, 9.17) is 4.74 Å². The summed E-state index contributed by atoms with van der Waals surface area (Å²) in [6.45, 7) is 2.54. The number of hydrogen-bond donors (Lipinski definition) is 1. The van der Waals surface area contributed by atoms with Crippen LogP contribution >= 0.6 is 0 Å². The third kappa shape index (κ3) is 4.71. The molecule has 1 aliphatic heterocycles. The molecule has 0 saturated carbocycles. The quantitative estimate of drug-likeness (QED) is 0.749. The van der Waals surface area contributed by atoms with Gasteiger partial charge in [-0.2, -0.15) is 0 Å². The van der Waals surface area contributed by atoms with E-state index in [0.29, 0.717) is 6.54 Å². The van der Waals surface area contributed by atoms with Crippen LogP contribution in [-0.2, 0) is 16.6 Å². The fourth-order valence-corrected chi connectivity index (χ4v) is 4.38. The van der Waals surface area contributed by atoms with Crippen LogP contribution in [0.25, 0.3) is 0 Å². The molecule has 29 heavy (non-hydrogen) atoms. The Bertz CT molecular complexity index is 966. The number of amides is 1. The van der Waals surface area contributed by atoms with E-state index in [1.807, 2.05) is 12.1 Å². The predicted octanol–water partition coefficient (Wildman–Crippen LogP) is 2.48. The Morgan fingerprint density at radius 2 is 1.76 bits per heavy atom. The highest BCUT2D eigenvalue weighted by molar-refractivity contribution is 7.89. The molecule has 3 rings (SSSR count). The first-order valence-electron chi connectivity index (χ1n) is 9.55. The molecule has 0 aliphatic carbocycles. The Balaban J connectivity index is 1.70. The minimum Gasteiger partial charge on any atom is -0.495 e. The van der Waals surface area contributed by atoms with Gasteiger partial charge in [0.05, 0.1) is 7.11 Å². The van der Waals surface area contributed by atoms with Gasteiger partial charge in [0.2, 0.25) is 10.0 Å². The lowest BCUT2D eigenvalue weighted by atomic mass is 10.1.